The van der Waals surface area contributed by atoms with Crippen molar-refractivity contribution in [3.05, 3.63) is 41.6 Å². The number of fused-ring (bicyclic) bond motifs is 1. The Morgan fingerprint density at radius 1 is 1.21 bits per heavy atom. The Hall–Kier alpha value is -2.38. The van der Waals surface area contributed by atoms with Crippen molar-refractivity contribution in [2.24, 2.45) is 5.92 Å². The van der Waals surface area contributed by atoms with Crippen LogP contribution in [0.15, 0.2) is 30.5 Å². The van der Waals surface area contributed by atoms with Gasteiger partial charge < -0.3 is 19.7 Å². The van der Waals surface area contributed by atoms with E-state index in [1.54, 1.807) is 4.90 Å². The number of ether oxygens (including phenoxy) is 2. The highest BCUT2D eigenvalue weighted by molar-refractivity contribution is 6.01. The number of methoxy groups -OCH3 is 1. The molecule has 1 N–H and O–H groups in total. The predicted octanol–water partition coefficient (Wildman–Crippen LogP) is 3.48. The molecule has 2 saturated carbocycles. The summed E-state index contributed by atoms with van der Waals surface area (Å²) in [5.41, 5.74) is 2.35. The van der Waals surface area contributed by atoms with Crippen molar-refractivity contribution >= 4 is 11.8 Å². The van der Waals surface area contributed by atoms with Crippen LogP contribution in [0.25, 0.3) is 0 Å². The van der Waals surface area contributed by atoms with Gasteiger partial charge in [-0.2, -0.15) is 0 Å². The molecule has 7 heteroatoms. The fraction of sp³-hybridized carbons (Fsp3) is 0.630. The van der Waals surface area contributed by atoms with Gasteiger partial charge >= 0.3 is 0 Å². The Balaban J connectivity index is 1.23. The number of likely N-dealkylation sites (N-methyl/N-ethyl adjacent to an activating group) is 1. The maximum absolute atomic E-state index is 13.0. The summed E-state index contributed by atoms with van der Waals surface area (Å²) in [4.78, 5) is 29.8. The normalized spacial score (nSPS) is 31.0. The molecule has 0 radical (unpaired) electrons. The molecular weight excluding hydrogens is 430 g/mol. The lowest BCUT2D eigenvalue weighted by molar-refractivity contribution is -0.126. The molecule has 34 heavy (non-hydrogen) atoms. The first-order chi connectivity index (χ1) is 16.5. The van der Waals surface area contributed by atoms with Crippen molar-refractivity contribution in [2.75, 3.05) is 20.2 Å². The number of hydrogen-bond donors (Lipinski definition) is 1. The van der Waals surface area contributed by atoms with Crippen LogP contribution in [0, 0.1) is 5.92 Å². The average molecular weight is 468 g/mol. The first-order valence-electron chi connectivity index (χ1n) is 12.8. The van der Waals surface area contributed by atoms with Crippen molar-refractivity contribution in [3.8, 4) is 5.75 Å². The van der Waals surface area contributed by atoms with Gasteiger partial charge in [0.1, 0.15) is 17.9 Å². The van der Waals surface area contributed by atoms with Gasteiger partial charge in [0.25, 0.3) is 5.91 Å². The minimum absolute atomic E-state index is 0.0695. The number of piperidine rings is 1. The predicted molar refractivity (Wildman–Crippen MR) is 129 cm³/mol. The number of nitrogens with one attached hydrogen (secondary N) is 1. The van der Waals surface area contributed by atoms with Crippen LogP contribution in [0.4, 0.5) is 0 Å². The third-order valence-electron chi connectivity index (χ3n) is 8.21. The number of amides is 2. The molecule has 4 aliphatic rings. The fourth-order valence-electron chi connectivity index (χ4n) is 6.19. The third-order valence-corrected chi connectivity index (χ3v) is 8.21. The molecule has 7 nitrogen and oxygen atoms in total. The Kier molecular flexibility index (Phi) is 6.67. The number of benzene rings is 1. The summed E-state index contributed by atoms with van der Waals surface area (Å²) >= 11 is 0. The number of rotatable bonds is 8. The molecule has 0 spiro atoms. The molecule has 3 atom stereocenters. The van der Waals surface area contributed by atoms with Crippen LogP contribution in [-0.4, -0.2) is 66.1 Å². The quantitative estimate of drug-likeness (QED) is 0.634. The molecule has 3 fully saturated rings. The molecule has 1 unspecified atom stereocenters. The van der Waals surface area contributed by atoms with Crippen molar-refractivity contribution < 1.29 is 19.1 Å². The van der Waals surface area contributed by atoms with Crippen LogP contribution in [0.2, 0.25) is 0 Å². The molecule has 2 aliphatic carbocycles. The minimum atomic E-state index is -0.434. The van der Waals surface area contributed by atoms with E-state index in [2.05, 4.69) is 23.7 Å². The molecule has 1 aromatic rings. The van der Waals surface area contributed by atoms with Crippen LogP contribution in [0.5, 0.6) is 5.75 Å². The number of carbonyl (C=O) groups excluding carboxylic acids is 2. The summed E-state index contributed by atoms with van der Waals surface area (Å²) in [5, 5.41) is 2.80. The highest BCUT2D eigenvalue weighted by Crippen LogP contribution is 2.35. The van der Waals surface area contributed by atoms with Crippen molar-refractivity contribution in [1.29, 1.82) is 0 Å². The molecule has 2 heterocycles. The van der Waals surface area contributed by atoms with Crippen LogP contribution in [0.1, 0.15) is 67.8 Å². The average Bonchev–Trinajstić information content (AvgIpc) is 3.37. The monoisotopic (exact) mass is 467 g/mol. The van der Waals surface area contributed by atoms with Gasteiger partial charge in [-0.25, -0.2) is 0 Å². The Labute approximate surface area is 202 Å². The molecule has 0 bridgehead atoms. The van der Waals surface area contributed by atoms with Crippen LogP contribution in [0.3, 0.4) is 0 Å². The van der Waals surface area contributed by atoms with E-state index in [0.717, 1.165) is 61.7 Å². The highest BCUT2D eigenvalue weighted by atomic mass is 16.5. The zero-order valence-electron chi connectivity index (χ0n) is 20.4. The zero-order chi connectivity index (χ0) is 23.8. The second-order valence-electron chi connectivity index (χ2n) is 10.3. The molecule has 2 amide bonds. The molecule has 5 rings (SSSR count). The standard InChI is InChI=1S/C27H37N3O4/c1-4-29(15-18-12-21(13-18)33-3)23-6-5-7-25(23)34-20-9-10-22-19(14-20)16-30(27(22)32)24-11-8-17(2)28-26(24)31/h9-10,14,18,21,23-25H,2,4-8,11-13,15-16H2,1,3H3,(H,28,31)/t18?,21?,23-,24?,25-/m0/s1. The fourth-order valence-corrected chi connectivity index (χ4v) is 6.19. The first-order valence-corrected chi connectivity index (χ1v) is 12.8. The Morgan fingerprint density at radius 3 is 2.76 bits per heavy atom. The summed E-state index contributed by atoms with van der Waals surface area (Å²) in [5.74, 6) is 1.34. The molecular formula is C27H37N3O4. The molecule has 0 aromatic heterocycles. The van der Waals surface area contributed by atoms with Gasteiger partial charge in [0.2, 0.25) is 5.91 Å². The lowest BCUT2D eigenvalue weighted by atomic mass is 9.81. The summed E-state index contributed by atoms with van der Waals surface area (Å²) in [6.07, 6.45) is 7.65. The van der Waals surface area contributed by atoms with Crippen LogP contribution >= 0.6 is 0 Å². The van der Waals surface area contributed by atoms with Crippen LogP contribution < -0.4 is 10.1 Å². The Morgan fingerprint density at radius 2 is 2.03 bits per heavy atom. The molecule has 184 valence electrons. The van der Waals surface area contributed by atoms with E-state index < -0.39 is 6.04 Å². The smallest absolute Gasteiger partial charge is 0.255 e. The topological polar surface area (TPSA) is 71.1 Å². The number of nitrogens with zero attached hydrogens (tertiary/aromatic N) is 2. The van der Waals surface area contributed by atoms with E-state index in [9.17, 15) is 9.59 Å². The second-order valence-corrected chi connectivity index (χ2v) is 10.3. The first kappa shape index (κ1) is 23.4. The van der Waals surface area contributed by atoms with Gasteiger partial charge in [-0.05, 0) is 81.2 Å². The van der Waals surface area contributed by atoms with E-state index >= 15 is 0 Å². The zero-order valence-corrected chi connectivity index (χ0v) is 20.4. The van der Waals surface area contributed by atoms with Crippen molar-refractivity contribution in [2.45, 2.75) is 82.7 Å². The van der Waals surface area contributed by atoms with Gasteiger partial charge in [-0.15, -0.1) is 0 Å². The third kappa shape index (κ3) is 4.48. The summed E-state index contributed by atoms with van der Waals surface area (Å²) in [6, 6.07) is 5.79. The lowest BCUT2D eigenvalue weighted by Crippen LogP contribution is -2.49. The van der Waals surface area contributed by atoms with E-state index in [-0.39, 0.29) is 17.9 Å². The van der Waals surface area contributed by atoms with Gasteiger partial charge in [0.15, 0.2) is 0 Å². The largest absolute Gasteiger partial charge is 0.489 e. The molecule has 2 aliphatic heterocycles. The van der Waals surface area contributed by atoms with E-state index in [4.69, 9.17) is 9.47 Å². The molecule has 1 saturated heterocycles. The maximum atomic E-state index is 13.0. The van der Waals surface area contributed by atoms with E-state index in [1.165, 1.54) is 6.42 Å². The maximum Gasteiger partial charge on any atom is 0.255 e. The van der Waals surface area contributed by atoms with Gasteiger partial charge in [0.05, 0.1) is 6.10 Å². The van der Waals surface area contributed by atoms with Gasteiger partial charge in [-0.1, -0.05) is 13.5 Å². The van der Waals surface area contributed by atoms with E-state index in [0.29, 0.717) is 37.1 Å². The number of hydrogen-bond acceptors (Lipinski definition) is 5. The lowest BCUT2D eigenvalue weighted by Gasteiger charge is -2.40. The van der Waals surface area contributed by atoms with Crippen molar-refractivity contribution in [3.63, 3.8) is 0 Å². The van der Waals surface area contributed by atoms with Crippen LogP contribution in [-0.2, 0) is 16.1 Å². The second kappa shape index (κ2) is 9.70. The van der Waals surface area contributed by atoms with E-state index in [1.807, 2.05) is 25.3 Å². The minimum Gasteiger partial charge on any atom is -0.489 e. The summed E-state index contributed by atoms with van der Waals surface area (Å²) in [6.45, 7) is 8.68. The van der Waals surface area contributed by atoms with Crippen molar-refractivity contribution in [1.82, 2.24) is 15.1 Å². The van der Waals surface area contributed by atoms with Gasteiger partial charge in [0, 0.05) is 37.5 Å². The summed E-state index contributed by atoms with van der Waals surface area (Å²) < 4.78 is 12.0. The number of carbonyl (C=O) groups is 2. The SMILES string of the molecule is C=C1CCC(N2Cc3cc(O[C@H]4CCC[C@@H]4N(CC)CC4CC(OC)C4)ccc3C2=O)C(=O)N1. The highest BCUT2D eigenvalue weighted by Gasteiger charge is 2.39. The van der Waals surface area contributed by atoms with Gasteiger partial charge in [-0.3, -0.25) is 14.5 Å². The molecule has 1 aromatic carbocycles. The Bertz CT molecular complexity index is 957. The summed E-state index contributed by atoms with van der Waals surface area (Å²) in [7, 11) is 1.81. The number of allylic oxidation sites excluding steroid dienone is 1.